The van der Waals surface area contributed by atoms with E-state index in [0.717, 1.165) is 5.69 Å². The first-order valence-electron chi connectivity index (χ1n) is 6.32. The van der Waals surface area contributed by atoms with E-state index in [0.29, 0.717) is 5.92 Å². The van der Waals surface area contributed by atoms with Crippen molar-refractivity contribution in [3.05, 3.63) is 71.1 Å². The molecule has 2 aromatic rings. The summed E-state index contributed by atoms with van der Waals surface area (Å²) in [4.78, 5) is 4.37. The Kier molecular flexibility index (Phi) is 3.93. The molecule has 1 aromatic carbocycles. The topological polar surface area (TPSA) is 12.9 Å². The van der Waals surface area contributed by atoms with Gasteiger partial charge in [-0.15, -0.1) is 0 Å². The van der Waals surface area contributed by atoms with Crippen molar-refractivity contribution in [3.8, 4) is 0 Å². The largest absolute Gasteiger partial charge is 0.261 e. The highest BCUT2D eigenvalue weighted by Crippen LogP contribution is 2.16. The molecule has 1 aromatic heterocycles. The number of aryl methyl sites for hydroxylation is 2. The number of aromatic nitrogens is 1. The Bertz CT molecular complexity index is 521. The molecule has 1 atom stereocenters. The monoisotopic (exact) mass is 237 g/mol. The lowest BCUT2D eigenvalue weighted by molar-refractivity contribution is 0.911. The smallest absolute Gasteiger partial charge is 0.0469 e. The summed E-state index contributed by atoms with van der Waals surface area (Å²) in [5.41, 5.74) is 4.98. The molecule has 1 heterocycles. The molecule has 0 aliphatic heterocycles. The number of nitrogens with zero attached hydrogens (tertiary/aromatic N) is 1. The number of hydrogen-bond donors (Lipinski definition) is 0. The van der Waals surface area contributed by atoms with Crippen LogP contribution >= 0.6 is 0 Å². The van der Waals surface area contributed by atoms with Gasteiger partial charge in [-0.25, -0.2) is 0 Å². The summed E-state index contributed by atoms with van der Waals surface area (Å²) in [6.45, 7) is 6.43. The first kappa shape index (κ1) is 12.6. The van der Waals surface area contributed by atoms with E-state index in [1.165, 1.54) is 16.7 Å². The Hall–Kier alpha value is -1.89. The van der Waals surface area contributed by atoms with Crippen molar-refractivity contribution < 1.29 is 0 Å². The van der Waals surface area contributed by atoms with Crippen molar-refractivity contribution in [2.24, 2.45) is 0 Å². The van der Waals surface area contributed by atoms with Crippen molar-refractivity contribution in [1.29, 1.82) is 0 Å². The van der Waals surface area contributed by atoms with Crippen molar-refractivity contribution in [2.75, 3.05) is 0 Å². The second kappa shape index (κ2) is 5.63. The summed E-state index contributed by atoms with van der Waals surface area (Å²) < 4.78 is 0. The van der Waals surface area contributed by atoms with Gasteiger partial charge >= 0.3 is 0 Å². The molecule has 92 valence electrons. The third-order valence-electron chi connectivity index (χ3n) is 2.98. The molecule has 0 saturated carbocycles. The standard InChI is InChI=1S/C17H19N/c1-13-10-14(2)12-16(11-13)8-7-15(3)17-6-4-5-9-18-17/h4-12,15H,1-3H3/b8-7+/t15-/m1/s1. The van der Waals surface area contributed by atoms with Crippen LogP contribution in [0, 0.1) is 13.8 Å². The number of benzene rings is 1. The molecule has 18 heavy (non-hydrogen) atoms. The van der Waals surface area contributed by atoms with Crippen LogP contribution in [-0.4, -0.2) is 4.98 Å². The number of rotatable bonds is 3. The molecule has 0 bridgehead atoms. The summed E-state index contributed by atoms with van der Waals surface area (Å²) in [7, 11) is 0. The average Bonchev–Trinajstić information content (AvgIpc) is 2.36. The fourth-order valence-electron chi connectivity index (χ4n) is 2.11. The van der Waals surface area contributed by atoms with Crippen LogP contribution in [0.15, 0.2) is 48.7 Å². The molecule has 0 aliphatic carbocycles. The minimum atomic E-state index is 0.340. The van der Waals surface area contributed by atoms with Gasteiger partial charge in [0.15, 0.2) is 0 Å². The number of allylic oxidation sites excluding steroid dienone is 1. The summed E-state index contributed by atoms with van der Waals surface area (Å²) in [6, 6.07) is 12.6. The summed E-state index contributed by atoms with van der Waals surface area (Å²) in [6.07, 6.45) is 6.23. The number of hydrogen-bond acceptors (Lipinski definition) is 1. The van der Waals surface area contributed by atoms with Gasteiger partial charge in [0.2, 0.25) is 0 Å². The van der Waals surface area contributed by atoms with Gasteiger partial charge in [-0.1, -0.05) is 54.5 Å². The van der Waals surface area contributed by atoms with Crippen LogP contribution in [0.3, 0.4) is 0 Å². The van der Waals surface area contributed by atoms with Crippen LogP contribution in [0.5, 0.6) is 0 Å². The fourth-order valence-corrected chi connectivity index (χ4v) is 2.11. The van der Waals surface area contributed by atoms with Crippen LogP contribution in [0.25, 0.3) is 6.08 Å². The van der Waals surface area contributed by atoms with Crippen LogP contribution in [0.4, 0.5) is 0 Å². The van der Waals surface area contributed by atoms with Gasteiger partial charge in [-0.2, -0.15) is 0 Å². The van der Waals surface area contributed by atoms with Crippen molar-refractivity contribution in [3.63, 3.8) is 0 Å². The molecule has 2 rings (SSSR count). The van der Waals surface area contributed by atoms with Crippen molar-refractivity contribution in [2.45, 2.75) is 26.7 Å². The lowest BCUT2D eigenvalue weighted by Gasteiger charge is -2.05. The van der Waals surface area contributed by atoms with E-state index in [1.54, 1.807) is 0 Å². The minimum absolute atomic E-state index is 0.340. The molecular weight excluding hydrogens is 218 g/mol. The Morgan fingerprint density at radius 2 is 1.78 bits per heavy atom. The van der Waals surface area contributed by atoms with Gasteiger partial charge in [0.05, 0.1) is 0 Å². The fraction of sp³-hybridized carbons (Fsp3) is 0.235. The van der Waals surface area contributed by atoms with E-state index >= 15 is 0 Å². The van der Waals surface area contributed by atoms with Crippen molar-refractivity contribution in [1.82, 2.24) is 4.98 Å². The van der Waals surface area contributed by atoms with Gasteiger partial charge in [-0.05, 0) is 31.5 Å². The lowest BCUT2D eigenvalue weighted by atomic mass is 10.0. The molecule has 0 spiro atoms. The predicted molar refractivity (Wildman–Crippen MR) is 77.6 cm³/mol. The predicted octanol–water partition coefficient (Wildman–Crippen LogP) is 4.52. The van der Waals surface area contributed by atoms with Crippen LogP contribution < -0.4 is 0 Å². The third-order valence-corrected chi connectivity index (χ3v) is 2.98. The molecule has 1 nitrogen and oxygen atoms in total. The maximum atomic E-state index is 4.37. The van der Waals surface area contributed by atoms with Gasteiger partial charge in [0, 0.05) is 17.8 Å². The normalized spacial score (nSPS) is 12.8. The van der Waals surface area contributed by atoms with Crippen LogP contribution in [-0.2, 0) is 0 Å². The zero-order valence-electron chi connectivity index (χ0n) is 11.2. The molecule has 0 aliphatic rings. The van der Waals surface area contributed by atoms with Crippen LogP contribution in [0.2, 0.25) is 0 Å². The van der Waals surface area contributed by atoms with E-state index < -0.39 is 0 Å². The lowest BCUT2D eigenvalue weighted by Crippen LogP contribution is -1.92. The molecule has 1 heteroatoms. The second-order valence-electron chi connectivity index (χ2n) is 4.82. The van der Waals surface area contributed by atoms with Gasteiger partial charge in [0.1, 0.15) is 0 Å². The Morgan fingerprint density at radius 1 is 1.06 bits per heavy atom. The Morgan fingerprint density at radius 3 is 2.39 bits per heavy atom. The summed E-state index contributed by atoms with van der Waals surface area (Å²) in [5, 5.41) is 0. The van der Waals surface area contributed by atoms with E-state index in [4.69, 9.17) is 0 Å². The van der Waals surface area contributed by atoms with Crippen LogP contribution in [0.1, 0.15) is 35.2 Å². The maximum Gasteiger partial charge on any atom is 0.0469 e. The molecule has 0 radical (unpaired) electrons. The zero-order valence-corrected chi connectivity index (χ0v) is 11.2. The zero-order chi connectivity index (χ0) is 13.0. The highest BCUT2D eigenvalue weighted by Gasteiger charge is 2.01. The quantitative estimate of drug-likeness (QED) is 0.765. The third kappa shape index (κ3) is 3.30. The van der Waals surface area contributed by atoms with Crippen molar-refractivity contribution >= 4 is 6.08 Å². The van der Waals surface area contributed by atoms with E-state index in [9.17, 15) is 0 Å². The summed E-state index contributed by atoms with van der Waals surface area (Å²) in [5.74, 6) is 0.340. The molecule has 0 saturated heterocycles. The molecular formula is C17H19N. The van der Waals surface area contributed by atoms with Gasteiger partial charge in [-0.3, -0.25) is 4.98 Å². The van der Waals surface area contributed by atoms with E-state index in [-0.39, 0.29) is 0 Å². The highest BCUT2D eigenvalue weighted by atomic mass is 14.7. The maximum absolute atomic E-state index is 4.37. The van der Waals surface area contributed by atoms with E-state index in [2.05, 4.69) is 62.2 Å². The SMILES string of the molecule is Cc1cc(C)cc(/C=C/[C@@H](C)c2ccccn2)c1. The minimum Gasteiger partial charge on any atom is -0.261 e. The second-order valence-corrected chi connectivity index (χ2v) is 4.82. The number of pyridine rings is 1. The molecule has 0 fully saturated rings. The molecule has 0 unspecified atom stereocenters. The van der Waals surface area contributed by atoms with Gasteiger partial charge < -0.3 is 0 Å². The molecule has 0 N–H and O–H groups in total. The highest BCUT2D eigenvalue weighted by molar-refractivity contribution is 5.52. The van der Waals surface area contributed by atoms with E-state index in [1.807, 2.05) is 18.3 Å². The molecule has 0 amide bonds. The Labute approximate surface area is 109 Å². The summed E-state index contributed by atoms with van der Waals surface area (Å²) >= 11 is 0. The Balaban J connectivity index is 2.15. The first-order chi connectivity index (χ1) is 8.65. The first-order valence-corrected chi connectivity index (χ1v) is 6.32. The average molecular weight is 237 g/mol. The van der Waals surface area contributed by atoms with Gasteiger partial charge in [0.25, 0.3) is 0 Å².